The van der Waals surface area contributed by atoms with Crippen LogP contribution in [0.25, 0.3) is 11.3 Å². The minimum absolute atomic E-state index is 0.0395. The zero-order chi connectivity index (χ0) is 11.6. The van der Waals surface area contributed by atoms with Crippen LogP contribution in [0, 0.1) is 0 Å². The molecular formula is C14H16N2. The summed E-state index contributed by atoms with van der Waals surface area (Å²) >= 11 is 0. The van der Waals surface area contributed by atoms with Gasteiger partial charge < -0.3 is 0 Å². The van der Waals surface area contributed by atoms with Gasteiger partial charge in [0.15, 0.2) is 0 Å². The fourth-order valence-electron chi connectivity index (χ4n) is 1.48. The van der Waals surface area contributed by atoms with E-state index in [4.69, 9.17) is 0 Å². The molecule has 0 unspecified atom stereocenters. The molecule has 0 aliphatic rings. The predicted octanol–water partition coefficient (Wildman–Crippen LogP) is 3.44. The van der Waals surface area contributed by atoms with Gasteiger partial charge in [-0.2, -0.15) is 0 Å². The van der Waals surface area contributed by atoms with Gasteiger partial charge in [-0.3, -0.25) is 4.98 Å². The van der Waals surface area contributed by atoms with Crippen molar-refractivity contribution in [3.63, 3.8) is 0 Å². The van der Waals surface area contributed by atoms with Gasteiger partial charge in [0, 0.05) is 17.2 Å². The molecule has 1 aromatic heterocycles. The van der Waals surface area contributed by atoms with E-state index in [-0.39, 0.29) is 5.41 Å². The molecule has 1 aromatic carbocycles. The summed E-state index contributed by atoms with van der Waals surface area (Å²) in [6, 6.07) is 10.1. The molecule has 0 bridgehead atoms. The highest BCUT2D eigenvalue weighted by Gasteiger charge is 2.16. The van der Waals surface area contributed by atoms with Crippen molar-refractivity contribution < 1.29 is 0 Å². The third-order valence-electron chi connectivity index (χ3n) is 2.47. The summed E-state index contributed by atoms with van der Waals surface area (Å²) < 4.78 is 0. The van der Waals surface area contributed by atoms with E-state index < -0.39 is 0 Å². The van der Waals surface area contributed by atoms with Crippen molar-refractivity contribution in [2.24, 2.45) is 0 Å². The first-order valence-corrected chi connectivity index (χ1v) is 5.45. The Bertz CT molecular complexity index is 470. The molecule has 2 rings (SSSR count). The van der Waals surface area contributed by atoms with Gasteiger partial charge in [0.05, 0.1) is 17.6 Å². The van der Waals surface area contributed by atoms with Crippen LogP contribution in [-0.2, 0) is 5.41 Å². The normalized spacial score (nSPS) is 11.4. The molecule has 2 nitrogen and oxygen atoms in total. The summed E-state index contributed by atoms with van der Waals surface area (Å²) in [5.41, 5.74) is 3.11. The smallest absolute Gasteiger partial charge is 0.0888 e. The van der Waals surface area contributed by atoms with E-state index in [2.05, 4.69) is 42.9 Å². The molecule has 0 aliphatic heterocycles. The van der Waals surface area contributed by atoms with Crippen molar-refractivity contribution in [1.82, 2.24) is 9.97 Å². The third kappa shape index (κ3) is 2.27. The van der Waals surface area contributed by atoms with Gasteiger partial charge in [-0.25, -0.2) is 4.98 Å². The first-order chi connectivity index (χ1) is 7.57. The lowest BCUT2D eigenvalue weighted by atomic mass is 9.92. The highest BCUT2D eigenvalue weighted by molar-refractivity contribution is 5.57. The van der Waals surface area contributed by atoms with Crippen LogP contribution in [0.15, 0.2) is 42.7 Å². The Morgan fingerprint density at radius 3 is 2.25 bits per heavy atom. The molecule has 0 N–H and O–H groups in total. The van der Waals surface area contributed by atoms with Gasteiger partial charge >= 0.3 is 0 Å². The van der Waals surface area contributed by atoms with Gasteiger partial charge in [-0.1, -0.05) is 51.1 Å². The van der Waals surface area contributed by atoms with Crippen molar-refractivity contribution >= 4 is 0 Å². The highest BCUT2D eigenvalue weighted by atomic mass is 14.8. The number of aromatic nitrogens is 2. The molecule has 0 spiro atoms. The number of hydrogen-bond acceptors (Lipinski definition) is 2. The average Bonchev–Trinajstić information content (AvgIpc) is 2.29. The molecule has 0 fully saturated rings. The van der Waals surface area contributed by atoms with Crippen LogP contribution in [-0.4, -0.2) is 9.97 Å². The lowest BCUT2D eigenvalue weighted by Crippen LogP contribution is -2.14. The highest BCUT2D eigenvalue weighted by Crippen LogP contribution is 2.22. The van der Waals surface area contributed by atoms with Crippen molar-refractivity contribution in [2.45, 2.75) is 26.2 Å². The van der Waals surface area contributed by atoms with Crippen LogP contribution < -0.4 is 0 Å². The van der Waals surface area contributed by atoms with Crippen LogP contribution in [0.2, 0.25) is 0 Å². The van der Waals surface area contributed by atoms with Crippen LogP contribution >= 0.6 is 0 Å². The van der Waals surface area contributed by atoms with E-state index in [1.54, 1.807) is 0 Å². The topological polar surface area (TPSA) is 25.8 Å². The monoisotopic (exact) mass is 212 g/mol. The Hall–Kier alpha value is -1.70. The molecule has 1 heterocycles. The second-order valence-electron chi connectivity index (χ2n) is 4.91. The third-order valence-corrected chi connectivity index (χ3v) is 2.47. The molecule has 0 aliphatic carbocycles. The standard InChI is InChI=1S/C14H16N2/c1-14(2,3)13-10-15-9-12(16-13)11-7-5-4-6-8-11/h4-10H,1-3H3. The molecule has 2 aromatic rings. The number of rotatable bonds is 1. The van der Waals surface area contributed by atoms with E-state index in [9.17, 15) is 0 Å². The molecule has 0 radical (unpaired) electrons. The summed E-state index contributed by atoms with van der Waals surface area (Å²) in [4.78, 5) is 8.92. The first-order valence-electron chi connectivity index (χ1n) is 5.45. The van der Waals surface area contributed by atoms with Crippen LogP contribution in [0.4, 0.5) is 0 Å². The molecule has 82 valence electrons. The van der Waals surface area contributed by atoms with Crippen LogP contribution in [0.1, 0.15) is 26.5 Å². The number of nitrogens with zero attached hydrogens (tertiary/aromatic N) is 2. The molecule has 0 saturated heterocycles. The van der Waals surface area contributed by atoms with Gasteiger partial charge in [-0.15, -0.1) is 0 Å². The summed E-state index contributed by atoms with van der Waals surface area (Å²) in [7, 11) is 0. The van der Waals surface area contributed by atoms with Crippen molar-refractivity contribution in [2.75, 3.05) is 0 Å². The zero-order valence-corrected chi connectivity index (χ0v) is 9.94. The molecular weight excluding hydrogens is 196 g/mol. The van der Waals surface area contributed by atoms with Crippen LogP contribution in [0.3, 0.4) is 0 Å². The van der Waals surface area contributed by atoms with E-state index in [1.807, 2.05) is 30.6 Å². The molecule has 0 amide bonds. The fourth-order valence-corrected chi connectivity index (χ4v) is 1.48. The quantitative estimate of drug-likeness (QED) is 0.723. The SMILES string of the molecule is CC(C)(C)c1cncc(-c2ccccc2)n1. The van der Waals surface area contributed by atoms with Crippen LogP contribution in [0.5, 0.6) is 0 Å². The van der Waals surface area contributed by atoms with Crippen molar-refractivity contribution in [3.05, 3.63) is 48.4 Å². The molecule has 0 saturated carbocycles. The number of benzene rings is 1. The Morgan fingerprint density at radius 1 is 0.938 bits per heavy atom. The fraction of sp³-hybridized carbons (Fsp3) is 0.286. The van der Waals surface area contributed by atoms with E-state index >= 15 is 0 Å². The Morgan fingerprint density at radius 2 is 1.62 bits per heavy atom. The van der Waals surface area contributed by atoms with Gasteiger partial charge in [0.1, 0.15) is 0 Å². The first kappa shape index (κ1) is 10.8. The number of hydrogen-bond donors (Lipinski definition) is 0. The lowest BCUT2D eigenvalue weighted by molar-refractivity contribution is 0.566. The van der Waals surface area contributed by atoms with Gasteiger partial charge in [0.25, 0.3) is 0 Å². The second kappa shape index (κ2) is 4.05. The summed E-state index contributed by atoms with van der Waals surface area (Å²) in [6.45, 7) is 6.43. The lowest BCUT2D eigenvalue weighted by Gasteiger charge is -2.17. The van der Waals surface area contributed by atoms with E-state index in [0.29, 0.717) is 0 Å². The van der Waals surface area contributed by atoms with Gasteiger partial charge in [-0.05, 0) is 0 Å². The van der Waals surface area contributed by atoms with Crippen molar-refractivity contribution in [1.29, 1.82) is 0 Å². The maximum absolute atomic E-state index is 4.65. The second-order valence-corrected chi connectivity index (χ2v) is 4.91. The molecule has 0 atom stereocenters. The van der Waals surface area contributed by atoms with Crippen molar-refractivity contribution in [3.8, 4) is 11.3 Å². The summed E-state index contributed by atoms with van der Waals surface area (Å²) in [6.07, 6.45) is 3.65. The van der Waals surface area contributed by atoms with E-state index in [0.717, 1.165) is 17.0 Å². The predicted molar refractivity (Wildman–Crippen MR) is 66.2 cm³/mol. The summed E-state index contributed by atoms with van der Waals surface area (Å²) in [5, 5.41) is 0. The minimum atomic E-state index is 0.0395. The molecule has 16 heavy (non-hydrogen) atoms. The Balaban J connectivity index is 2.45. The Kier molecular flexibility index (Phi) is 2.73. The Labute approximate surface area is 96.4 Å². The van der Waals surface area contributed by atoms with E-state index in [1.165, 1.54) is 0 Å². The minimum Gasteiger partial charge on any atom is -0.261 e. The average molecular weight is 212 g/mol. The zero-order valence-electron chi connectivity index (χ0n) is 9.94. The summed E-state index contributed by atoms with van der Waals surface area (Å²) in [5.74, 6) is 0. The molecule has 2 heteroatoms. The van der Waals surface area contributed by atoms with Gasteiger partial charge in [0.2, 0.25) is 0 Å². The maximum Gasteiger partial charge on any atom is 0.0888 e. The maximum atomic E-state index is 4.65. The largest absolute Gasteiger partial charge is 0.261 e.